The number of piperazine rings is 1. The first kappa shape index (κ1) is 28.4. The molecule has 2 N–H and O–H groups in total. The molecule has 1 fully saturated rings. The fourth-order valence-electron chi connectivity index (χ4n) is 4.59. The molecule has 0 aliphatic carbocycles. The van der Waals surface area contributed by atoms with Crippen LogP contribution in [-0.2, 0) is 0 Å². The van der Waals surface area contributed by atoms with Gasteiger partial charge in [-0.05, 0) is 69.1 Å². The number of likely N-dealkylation sites (N-methyl/N-ethyl adjacent to an activating group) is 1. The van der Waals surface area contributed by atoms with Crippen molar-refractivity contribution in [2.24, 2.45) is 0 Å². The fraction of sp³-hybridized carbons (Fsp3) is 0.467. The third-order valence-electron chi connectivity index (χ3n) is 6.98. The number of amides is 2. The molecule has 4 rings (SSSR count). The number of hydrogen-bond acceptors (Lipinski definition) is 7. The molecule has 9 nitrogen and oxygen atoms in total. The Hall–Kier alpha value is -3.56. The Bertz CT molecular complexity index is 1270. The second kappa shape index (κ2) is 13.5. The molecule has 0 saturated carbocycles. The maximum atomic E-state index is 12.1. The van der Waals surface area contributed by atoms with Gasteiger partial charge >= 0.3 is 6.03 Å². The second-order valence-electron chi connectivity index (χ2n) is 10.1. The monoisotopic (exact) mass is 535 g/mol. The first-order valence-electron chi connectivity index (χ1n) is 13.7. The Kier molecular flexibility index (Phi) is 9.84. The van der Waals surface area contributed by atoms with Gasteiger partial charge in [-0.2, -0.15) is 0 Å². The summed E-state index contributed by atoms with van der Waals surface area (Å²) >= 11 is 0. The summed E-state index contributed by atoms with van der Waals surface area (Å²) in [7, 11) is 3.81. The Morgan fingerprint density at radius 3 is 2.54 bits per heavy atom. The van der Waals surface area contributed by atoms with Crippen molar-refractivity contribution in [2.45, 2.75) is 33.6 Å². The molecule has 0 bridgehead atoms. The Balaban J connectivity index is 1.45. The van der Waals surface area contributed by atoms with E-state index in [-0.39, 0.29) is 6.03 Å². The molecule has 1 aliphatic heterocycles. The number of nitrogens with one attached hydrogen (secondary N) is 2. The van der Waals surface area contributed by atoms with Crippen molar-refractivity contribution in [3.8, 4) is 23.0 Å². The maximum Gasteiger partial charge on any atom is 0.319 e. The van der Waals surface area contributed by atoms with E-state index >= 15 is 0 Å². The van der Waals surface area contributed by atoms with Gasteiger partial charge in [0.1, 0.15) is 11.5 Å². The van der Waals surface area contributed by atoms with Crippen LogP contribution >= 0.6 is 0 Å². The normalized spacial score (nSPS) is 14.3. The van der Waals surface area contributed by atoms with Crippen LogP contribution in [0, 0.1) is 13.8 Å². The Morgan fingerprint density at radius 1 is 1.00 bits per heavy atom. The van der Waals surface area contributed by atoms with Crippen LogP contribution in [0.1, 0.15) is 30.9 Å². The van der Waals surface area contributed by atoms with Crippen LogP contribution in [0.4, 0.5) is 10.5 Å². The average Bonchev–Trinajstić information content (AvgIpc) is 2.93. The van der Waals surface area contributed by atoms with Gasteiger partial charge in [0.05, 0.1) is 19.2 Å². The van der Waals surface area contributed by atoms with Gasteiger partial charge in [0.15, 0.2) is 11.5 Å². The highest BCUT2D eigenvalue weighted by Gasteiger charge is 2.16. The minimum absolute atomic E-state index is 0.211. The van der Waals surface area contributed by atoms with Gasteiger partial charge in [-0.1, -0.05) is 6.92 Å². The number of methoxy groups -OCH3 is 1. The van der Waals surface area contributed by atoms with Crippen molar-refractivity contribution in [2.75, 3.05) is 65.3 Å². The third-order valence-corrected chi connectivity index (χ3v) is 6.98. The molecule has 2 heterocycles. The highest BCUT2D eigenvalue weighted by molar-refractivity contribution is 5.91. The molecule has 0 spiro atoms. The van der Waals surface area contributed by atoms with Gasteiger partial charge in [-0.3, -0.25) is 4.98 Å². The van der Waals surface area contributed by atoms with Gasteiger partial charge < -0.3 is 34.6 Å². The number of urea groups is 1. The number of benzene rings is 2. The topological polar surface area (TPSA) is 88.2 Å². The molecule has 0 unspecified atom stereocenters. The molecule has 0 radical (unpaired) electrons. The first-order valence-corrected chi connectivity index (χ1v) is 13.7. The predicted molar refractivity (Wildman–Crippen MR) is 156 cm³/mol. The number of pyridine rings is 1. The molecule has 1 aromatic heterocycles. The molecule has 210 valence electrons. The fourth-order valence-corrected chi connectivity index (χ4v) is 4.59. The number of aryl methyl sites for hydroxylation is 2. The number of nitrogens with zero attached hydrogens (tertiary/aromatic N) is 3. The molecule has 3 aromatic rings. The maximum absolute atomic E-state index is 12.1. The number of anilines is 1. The Labute approximate surface area is 231 Å². The summed E-state index contributed by atoms with van der Waals surface area (Å²) in [5.74, 6) is 2.70. The molecule has 39 heavy (non-hydrogen) atoms. The lowest BCUT2D eigenvalue weighted by Gasteiger charge is -2.32. The van der Waals surface area contributed by atoms with E-state index in [1.165, 1.54) is 0 Å². The van der Waals surface area contributed by atoms with E-state index in [0.717, 1.165) is 73.3 Å². The molecule has 2 amide bonds. The van der Waals surface area contributed by atoms with Crippen LogP contribution in [0.15, 0.2) is 36.5 Å². The van der Waals surface area contributed by atoms with E-state index in [9.17, 15) is 4.79 Å². The number of ether oxygens (including phenoxy) is 3. The largest absolute Gasteiger partial charge is 0.493 e. The van der Waals surface area contributed by atoms with E-state index in [4.69, 9.17) is 14.2 Å². The van der Waals surface area contributed by atoms with E-state index < -0.39 is 0 Å². The van der Waals surface area contributed by atoms with Gasteiger partial charge in [-0.15, -0.1) is 0 Å². The average molecular weight is 536 g/mol. The zero-order chi connectivity index (χ0) is 27.8. The van der Waals surface area contributed by atoms with Crippen molar-refractivity contribution in [1.82, 2.24) is 20.1 Å². The van der Waals surface area contributed by atoms with E-state index in [0.29, 0.717) is 36.1 Å². The van der Waals surface area contributed by atoms with Crippen LogP contribution < -0.4 is 24.8 Å². The molecule has 1 saturated heterocycles. The lowest BCUT2D eigenvalue weighted by Crippen LogP contribution is -2.44. The number of hydrogen-bond donors (Lipinski definition) is 2. The van der Waals surface area contributed by atoms with Crippen molar-refractivity contribution < 1.29 is 19.0 Å². The summed E-state index contributed by atoms with van der Waals surface area (Å²) in [6.07, 6.45) is 3.57. The third kappa shape index (κ3) is 7.52. The zero-order valence-electron chi connectivity index (χ0n) is 23.8. The standard InChI is InChI=1S/C30H41N5O4/c1-6-9-32-30(36)33-24-17-22(3)27(18-21(24)2)39-26-8-10-31-25-20-29(28(37-5)19-23(25)26)38-16-7-11-35-14-12-34(4)13-15-35/h8,10,17-20H,6-7,9,11-16H2,1-5H3,(H2,32,33,36). The van der Waals surface area contributed by atoms with Crippen molar-refractivity contribution in [1.29, 1.82) is 0 Å². The van der Waals surface area contributed by atoms with Crippen LogP contribution in [0.5, 0.6) is 23.0 Å². The molecule has 9 heteroatoms. The van der Waals surface area contributed by atoms with Crippen LogP contribution in [0.3, 0.4) is 0 Å². The van der Waals surface area contributed by atoms with Crippen molar-refractivity contribution in [3.63, 3.8) is 0 Å². The minimum Gasteiger partial charge on any atom is -0.493 e. The van der Waals surface area contributed by atoms with Crippen molar-refractivity contribution >= 4 is 22.6 Å². The van der Waals surface area contributed by atoms with Crippen LogP contribution in [0.2, 0.25) is 0 Å². The van der Waals surface area contributed by atoms with Gasteiger partial charge in [0.25, 0.3) is 0 Å². The summed E-state index contributed by atoms with van der Waals surface area (Å²) in [6, 6.07) is 9.33. The number of carbonyl (C=O) groups is 1. The molecular weight excluding hydrogens is 494 g/mol. The lowest BCUT2D eigenvalue weighted by atomic mass is 10.1. The predicted octanol–water partition coefficient (Wildman–Crippen LogP) is 5.20. The lowest BCUT2D eigenvalue weighted by molar-refractivity contribution is 0.145. The molecule has 0 atom stereocenters. The number of fused-ring (bicyclic) bond motifs is 1. The first-order chi connectivity index (χ1) is 18.9. The zero-order valence-corrected chi connectivity index (χ0v) is 23.8. The van der Waals surface area contributed by atoms with Crippen LogP contribution in [-0.4, -0.2) is 80.8 Å². The number of aromatic nitrogens is 1. The quantitative estimate of drug-likeness (QED) is 0.326. The van der Waals surface area contributed by atoms with E-state index in [1.807, 2.05) is 51.1 Å². The highest BCUT2D eigenvalue weighted by atomic mass is 16.5. The summed E-state index contributed by atoms with van der Waals surface area (Å²) in [6.45, 7) is 12.6. The van der Waals surface area contributed by atoms with E-state index in [2.05, 4.69) is 32.5 Å². The van der Waals surface area contributed by atoms with Crippen LogP contribution in [0.25, 0.3) is 10.9 Å². The summed E-state index contributed by atoms with van der Waals surface area (Å²) in [5, 5.41) is 6.59. The number of carbonyl (C=O) groups excluding carboxylic acids is 1. The van der Waals surface area contributed by atoms with Gasteiger partial charge in [0, 0.05) is 62.6 Å². The van der Waals surface area contributed by atoms with Gasteiger partial charge in [0.2, 0.25) is 0 Å². The number of rotatable bonds is 11. The minimum atomic E-state index is -0.211. The second-order valence-corrected chi connectivity index (χ2v) is 10.1. The Morgan fingerprint density at radius 2 is 1.79 bits per heavy atom. The molecular formula is C30H41N5O4. The summed E-state index contributed by atoms with van der Waals surface area (Å²) in [4.78, 5) is 21.5. The summed E-state index contributed by atoms with van der Waals surface area (Å²) < 4.78 is 18.2. The van der Waals surface area contributed by atoms with Gasteiger partial charge in [-0.25, -0.2) is 4.79 Å². The summed E-state index contributed by atoms with van der Waals surface area (Å²) in [5.41, 5.74) is 3.33. The molecule has 2 aromatic carbocycles. The smallest absolute Gasteiger partial charge is 0.319 e. The molecule has 1 aliphatic rings. The van der Waals surface area contributed by atoms with Crippen molar-refractivity contribution in [3.05, 3.63) is 47.7 Å². The van der Waals surface area contributed by atoms with E-state index in [1.54, 1.807) is 13.3 Å². The SMILES string of the molecule is CCCNC(=O)Nc1cc(C)c(Oc2ccnc3cc(OCCCN4CCN(C)CC4)c(OC)cc23)cc1C. The highest BCUT2D eigenvalue weighted by Crippen LogP contribution is 2.38.